The number of hydrogen-bond donors (Lipinski definition) is 2. The number of amides is 1. The maximum absolute atomic E-state index is 11.4. The molecule has 1 aromatic rings. The molecular formula is C7H12N4OS. The molecule has 0 bridgehead atoms. The number of carbonyl (C=O) groups excluding carboxylic acids is 1. The lowest BCUT2D eigenvalue weighted by Crippen LogP contribution is -2.28. The Balaban J connectivity index is 2.49. The van der Waals surface area contributed by atoms with Crippen molar-refractivity contribution in [1.29, 1.82) is 0 Å². The van der Waals surface area contributed by atoms with Crippen molar-refractivity contribution in [2.45, 2.75) is 13.3 Å². The minimum atomic E-state index is -0.135. The van der Waals surface area contributed by atoms with E-state index >= 15 is 0 Å². The second-order valence-corrected chi connectivity index (χ2v) is 3.41. The molecular weight excluding hydrogens is 188 g/mol. The highest BCUT2D eigenvalue weighted by atomic mass is 32.1. The van der Waals surface area contributed by atoms with E-state index in [2.05, 4.69) is 15.5 Å². The Labute approximate surface area is 80.4 Å². The van der Waals surface area contributed by atoms with Gasteiger partial charge in [-0.2, -0.15) is 0 Å². The Morgan fingerprint density at radius 2 is 2.62 bits per heavy atom. The van der Waals surface area contributed by atoms with Crippen molar-refractivity contribution >= 4 is 22.4 Å². The van der Waals surface area contributed by atoms with Crippen molar-refractivity contribution in [3.63, 3.8) is 0 Å². The van der Waals surface area contributed by atoms with Gasteiger partial charge in [-0.15, -0.1) is 10.2 Å². The van der Waals surface area contributed by atoms with Crippen LogP contribution in [-0.2, 0) is 4.79 Å². The van der Waals surface area contributed by atoms with Crippen LogP contribution < -0.4 is 11.1 Å². The maximum atomic E-state index is 11.4. The van der Waals surface area contributed by atoms with Gasteiger partial charge >= 0.3 is 0 Å². The zero-order valence-corrected chi connectivity index (χ0v) is 8.17. The third kappa shape index (κ3) is 2.74. The van der Waals surface area contributed by atoms with Crippen LogP contribution >= 0.6 is 11.3 Å². The summed E-state index contributed by atoms with van der Waals surface area (Å²) in [5.41, 5.74) is 6.99. The molecule has 0 aromatic carbocycles. The number of nitrogens with zero attached hydrogens (tertiary/aromatic N) is 2. The minimum absolute atomic E-state index is 0.0817. The fourth-order valence-electron chi connectivity index (χ4n) is 0.894. The molecule has 0 aliphatic carbocycles. The van der Waals surface area contributed by atoms with Crippen molar-refractivity contribution in [1.82, 2.24) is 10.2 Å². The number of carbonyl (C=O) groups is 1. The summed E-state index contributed by atoms with van der Waals surface area (Å²) in [5, 5.41) is 10.5. The number of anilines is 1. The first-order valence-corrected chi connectivity index (χ1v) is 4.93. The minimum Gasteiger partial charge on any atom is -0.330 e. The lowest BCUT2D eigenvalue weighted by Gasteiger charge is -2.09. The molecule has 0 spiro atoms. The van der Waals surface area contributed by atoms with E-state index in [0.29, 0.717) is 11.7 Å². The molecule has 0 aliphatic rings. The van der Waals surface area contributed by atoms with Crippen molar-refractivity contribution < 1.29 is 4.79 Å². The zero-order valence-electron chi connectivity index (χ0n) is 7.36. The molecule has 0 saturated carbocycles. The van der Waals surface area contributed by atoms with Crippen LogP contribution in [0.2, 0.25) is 0 Å². The highest BCUT2D eigenvalue weighted by Gasteiger charge is 2.15. The van der Waals surface area contributed by atoms with Gasteiger partial charge in [-0.1, -0.05) is 18.3 Å². The van der Waals surface area contributed by atoms with E-state index < -0.39 is 0 Å². The quantitative estimate of drug-likeness (QED) is 0.740. The molecule has 5 nitrogen and oxygen atoms in total. The van der Waals surface area contributed by atoms with Crippen LogP contribution in [0.4, 0.5) is 5.13 Å². The van der Waals surface area contributed by atoms with E-state index in [1.54, 1.807) is 5.51 Å². The Morgan fingerprint density at radius 3 is 3.08 bits per heavy atom. The summed E-state index contributed by atoms with van der Waals surface area (Å²) in [4.78, 5) is 11.4. The third-order valence-corrected chi connectivity index (χ3v) is 2.34. The predicted molar refractivity (Wildman–Crippen MR) is 51.4 cm³/mol. The zero-order chi connectivity index (χ0) is 9.68. The Morgan fingerprint density at radius 1 is 1.85 bits per heavy atom. The van der Waals surface area contributed by atoms with Gasteiger partial charge < -0.3 is 11.1 Å². The molecule has 1 rings (SSSR count). The second kappa shape index (κ2) is 4.88. The molecule has 0 aliphatic heterocycles. The van der Waals surface area contributed by atoms with Crippen molar-refractivity contribution in [3.05, 3.63) is 5.51 Å². The van der Waals surface area contributed by atoms with E-state index in [0.717, 1.165) is 6.42 Å². The standard InChI is InChI=1S/C7H12N4OS/c1-2-5(3-8)6(12)10-7-11-9-4-13-7/h4-5H,2-3,8H2,1H3,(H,10,11,12). The smallest absolute Gasteiger partial charge is 0.230 e. The maximum Gasteiger partial charge on any atom is 0.230 e. The summed E-state index contributed by atoms with van der Waals surface area (Å²) in [6, 6.07) is 0. The van der Waals surface area contributed by atoms with E-state index in [-0.39, 0.29) is 11.8 Å². The summed E-state index contributed by atoms with van der Waals surface area (Å²) in [5.74, 6) is -0.217. The van der Waals surface area contributed by atoms with E-state index in [4.69, 9.17) is 5.73 Å². The molecule has 0 saturated heterocycles. The molecule has 1 aromatic heterocycles. The Bertz CT molecular complexity index is 257. The van der Waals surface area contributed by atoms with Crippen LogP contribution in [-0.4, -0.2) is 22.6 Å². The van der Waals surface area contributed by atoms with Gasteiger partial charge in [-0.3, -0.25) is 4.79 Å². The highest BCUT2D eigenvalue weighted by Crippen LogP contribution is 2.10. The van der Waals surface area contributed by atoms with Crippen LogP contribution in [0.5, 0.6) is 0 Å². The summed E-state index contributed by atoms with van der Waals surface area (Å²) >= 11 is 1.29. The number of nitrogens with one attached hydrogen (secondary N) is 1. The van der Waals surface area contributed by atoms with Gasteiger partial charge in [0.2, 0.25) is 11.0 Å². The van der Waals surface area contributed by atoms with E-state index in [1.807, 2.05) is 6.92 Å². The largest absolute Gasteiger partial charge is 0.330 e. The average Bonchev–Trinajstić information content (AvgIpc) is 2.59. The fraction of sp³-hybridized carbons (Fsp3) is 0.571. The van der Waals surface area contributed by atoms with Gasteiger partial charge in [0, 0.05) is 6.54 Å². The SMILES string of the molecule is CCC(CN)C(=O)Nc1nncs1. The summed E-state index contributed by atoms with van der Waals surface area (Å²) in [7, 11) is 0. The number of hydrogen-bond acceptors (Lipinski definition) is 5. The van der Waals surface area contributed by atoms with Crippen molar-refractivity contribution in [3.8, 4) is 0 Å². The molecule has 3 N–H and O–H groups in total. The number of nitrogens with two attached hydrogens (primary N) is 1. The molecule has 1 amide bonds. The average molecular weight is 200 g/mol. The molecule has 6 heteroatoms. The van der Waals surface area contributed by atoms with Crippen molar-refractivity contribution in [2.24, 2.45) is 11.7 Å². The van der Waals surface area contributed by atoms with Crippen molar-refractivity contribution in [2.75, 3.05) is 11.9 Å². The highest BCUT2D eigenvalue weighted by molar-refractivity contribution is 7.13. The molecule has 13 heavy (non-hydrogen) atoms. The van der Waals surface area contributed by atoms with E-state index in [9.17, 15) is 4.79 Å². The first-order chi connectivity index (χ1) is 6.27. The molecule has 1 atom stereocenters. The van der Waals surface area contributed by atoms with Crippen LogP contribution in [0.15, 0.2) is 5.51 Å². The normalized spacial score (nSPS) is 12.5. The summed E-state index contributed by atoms with van der Waals surface area (Å²) in [6.45, 7) is 2.29. The molecule has 0 fully saturated rings. The van der Waals surface area contributed by atoms with E-state index in [1.165, 1.54) is 11.3 Å². The Kier molecular flexibility index (Phi) is 3.78. The molecule has 1 heterocycles. The number of rotatable bonds is 4. The number of aromatic nitrogens is 2. The monoisotopic (exact) mass is 200 g/mol. The van der Waals surface area contributed by atoms with Gasteiger partial charge in [0.05, 0.1) is 5.92 Å². The van der Waals surface area contributed by atoms with Gasteiger partial charge in [-0.25, -0.2) is 0 Å². The van der Waals surface area contributed by atoms with Crippen LogP contribution in [0, 0.1) is 5.92 Å². The fourth-order valence-corrected chi connectivity index (χ4v) is 1.34. The lowest BCUT2D eigenvalue weighted by molar-refractivity contribution is -0.119. The van der Waals surface area contributed by atoms with Gasteiger partial charge in [0.25, 0.3) is 0 Å². The van der Waals surface area contributed by atoms with Crippen LogP contribution in [0.25, 0.3) is 0 Å². The van der Waals surface area contributed by atoms with Gasteiger partial charge in [0.15, 0.2) is 0 Å². The molecule has 1 unspecified atom stereocenters. The Hall–Kier alpha value is -1.01. The topological polar surface area (TPSA) is 80.9 Å². The summed E-state index contributed by atoms with van der Waals surface area (Å²) in [6.07, 6.45) is 0.737. The third-order valence-electron chi connectivity index (χ3n) is 1.74. The first kappa shape index (κ1) is 10.1. The van der Waals surface area contributed by atoms with Gasteiger partial charge in [0.1, 0.15) is 5.51 Å². The first-order valence-electron chi connectivity index (χ1n) is 4.05. The molecule has 0 radical (unpaired) electrons. The van der Waals surface area contributed by atoms with Crippen LogP contribution in [0.1, 0.15) is 13.3 Å². The van der Waals surface area contributed by atoms with Crippen LogP contribution in [0.3, 0.4) is 0 Å². The van der Waals surface area contributed by atoms with Gasteiger partial charge in [-0.05, 0) is 6.42 Å². The second-order valence-electron chi connectivity index (χ2n) is 2.57. The lowest BCUT2D eigenvalue weighted by atomic mass is 10.1. The predicted octanol–water partition coefficient (Wildman–Crippen LogP) is 0.461. The molecule has 72 valence electrons. The summed E-state index contributed by atoms with van der Waals surface area (Å²) < 4.78 is 0.